The van der Waals surface area contributed by atoms with Gasteiger partial charge in [-0.2, -0.15) is 5.26 Å². The summed E-state index contributed by atoms with van der Waals surface area (Å²) >= 11 is 0. The molecule has 0 fully saturated rings. The summed E-state index contributed by atoms with van der Waals surface area (Å²) in [5.74, 6) is 0. The molecule has 0 bridgehead atoms. The number of rotatable bonds is 5. The Labute approximate surface area is 142 Å². The van der Waals surface area contributed by atoms with E-state index in [-0.39, 0.29) is 0 Å². The largest absolute Gasteiger partial charge is 0.244 e. The van der Waals surface area contributed by atoms with Crippen LogP contribution in [0.15, 0.2) is 48.5 Å². The number of hydrogen-bond acceptors (Lipinski definition) is 3. The Hall–Kier alpha value is -2.93. The highest BCUT2D eigenvalue weighted by atomic mass is 15.4. The maximum Gasteiger partial charge on any atom is 0.185 e. The zero-order valence-corrected chi connectivity index (χ0v) is 14.0. The molecular weight excluding hydrogens is 296 g/mol. The first kappa shape index (κ1) is 15.9. The van der Waals surface area contributed by atoms with Gasteiger partial charge in [0, 0.05) is 0 Å². The van der Waals surface area contributed by atoms with Crippen LogP contribution in [0.25, 0.3) is 0 Å². The minimum atomic E-state index is 0.425. The van der Waals surface area contributed by atoms with Crippen molar-refractivity contribution < 1.29 is 0 Å². The van der Waals surface area contributed by atoms with Crippen LogP contribution in [0.5, 0.6) is 0 Å². The van der Waals surface area contributed by atoms with E-state index < -0.39 is 0 Å². The summed E-state index contributed by atoms with van der Waals surface area (Å²) in [6.45, 7) is 4.79. The molecule has 0 aliphatic carbocycles. The molecule has 1 aromatic heterocycles. The molecule has 0 spiro atoms. The number of aromatic nitrogens is 3. The fraction of sp³-hybridized carbons (Fsp3) is 0.250. The van der Waals surface area contributed by atoms with E-state index in [2.05, 4.69) is 78.8 Å². The average molecular weight is 316 g/mol. The summed E-state index contributed by atoms with van der Waals surface area (Å²) in [7, 11) is 0. The maximum absolute atomic E-state index is 9.30. The van der Waals surface area contributed by atoms with E-state index in [4.69, 9.17) is 0 Å². The normalized spacial score (nSPS) is 10.5. The van der Waals surface area contributed by atoms with Crippen LogP contribution in [0.2, 0.25) is 0 Å². The number of nitrogens with zero attached hydrogens (tertiary/aromatic N) is 4. The van der Waals surface area contributed by atoms with Crippen LogP contribution in [0.3, 0.4) is 0 Å². The molecule has 0 unspecified atom stereocenters. The Balaban J connectivity index is 1.78. The molecule has 1 heterocycles. The lowest BCUT2D eigenvalue weighted by Gasteiger charge is -2.08. The van der Waals surface area contributed by atoms with Gasteiger partial charge in [0.1, 0.15) is 6.07 Å². The number of aryl methyl sites for hydroxylation is 3. The van der Waals surface area contributed by atoms with E-state index in [1.54, 1.807) is 0 Å². The van der Waals surface area contributed by atoms with E-state index in [1.165, 1.54) is 16.7 Å². The van der Waals surface area contributed by atoms with Crippen LogP contribution in [0.1, 0.15) is 33.6 Å². The summed E-state index contributed by atoms with van der Waals surface area (Å²) in [6, 6.07) is 19.0. The summed E-state index contributed by atoms with van der Waals surface area (Å²) in [5.41, 5.74) is 6.23. The molecule has 120 valence electrons. The average Bonchev–Trinajstić information content (AvgIpc) is 2.98. The SMILES string of the molecule is Cc1ccc(CCc2c(C#N)nnn2Cc2ccc(C)cc2)cc1. The second-order valence-corrected chi connectivity index (χ2v) is 6.13. The molecule has 24 heavy (non-hydrogen) atoms. The van der Waals surface area contributed by atoms with E-state index in [9.17, 15) is 5.26 Å². The van der Waals surface area contributed by atoms with Gasteiger partial charge in [0.15, 0.2) is 5.69 Å². The molecule has 0 aliphatic rings. The van der Waals surface area contributed by atoms with Crippen molar-refractivity contribution in [1.82, 2.24) is 15.0 Å². The minimum Gasteiger partial charge on any atom is -0.244 e. The van der Waals surface area contributed by atoms with Crippen LogP contribution in [-0.4, -0.2) is 15.0 Å². The van der Waals surface area contributed by atoms with E-state index >= 15 is 0 Å². The van der Waals surface area contributed by atoms with E-state index in [1.807, 2.05) is 4.68 Å². The highest BCUT2D eigenvalue weighted by Gasteiger charge is 2.13. The molecule has 0 saturated carbocycles. The molecule has 3 aromatic rings. The number of hydrogen-bond donors (Lipinski definition) is 0. The second kappa shape index (κ2) is 7.10. The summed E-state index contributed by atoms with van der Waals surface area (Å²) < 4.78 is 1.84. The number of nitriles is 1. The molecular formula is C20H20N4. The highest BCUT2D eigenvalue weighted by Crippen LogP contribution is 2.13. The third kappa shape index (κ3) is 3.69. The predicted octanol–water partition coefficient (Wildman–Crippen LogP) is 3.60. The van der Waals surface area contributed by atoms with Gasteiger partial charge in [-0.1, -0.05) is 64.9 Å². The van der Waals surface area contributed by atoms with E-state index in [0.29, 0.717) is 12.2 Å². The van der Waals surface area contributed by atoms with Crippen molar-refractivity contribution in [2.45, 2.75) is 33.2 Å². The maximum atomic E-state index is 9.30. The van der Waals surface area contributed by atoms with Gasteiger partial charge < -0.3 is 0 Å². The first-order chi connectivity index (χ1) is 11.7. The van der Waals surface area contributed by atoms with Crippen molar-refractivity contribution in [3.05, 3.63) is 82.2 Å². The van der Waals surface area contributed by atoms with Crippen molar-refractivity contribution in [1.29, 1.82) is 5.26 Å². The van der Waals surface area contributed by atoms with Gasteiger partial charge in [-0.15, -0.1) is 5.10 Å². The Bertz CT molecular complexity index is 852. The van der Waals surface area contributed by atoms with Gasteiger partial charge >= 0.3 is 0 Å². The fourth-order valence-electron chi connectivity index (χ4n) is 2.68. The third-order valence-electron chi connectivity index (χ3n) is 4.17. The monoisotopic (exact) mass is 316 g/mol. The summed E-state index contributed by atoms with van der Waals surface area (Å²) in [4.78, 5) is 0. The van der Waals surface area contributed by atoms with Crippen molar-refractivity contribution >= 4 is 0 Å². The van der Waals surface area contributed by atoms with Gasteiger partial charge in [0.05, 0.1) is 12.2 Å². The Kier molecular flexibility index (Phi) is 4.72. The highest BCUT2D eigenvalue weighted by molar-refractivity contribution is 5.28. The summed E-state index contributed by atoms with van der Waals surface area (Å²) in [6.07, 6.45) is 1.63. The van der Waals surface area contributed by atoms with Crippen LogP contribution in [-0.2, 0) is 19.4 Å². The molecule has 4 nitrogen and oxygen atoms in total. The molecule has 4 heteroatoms. The third-order valence-corrected chi connectivity index (χ3v) is 4.17. The van der Waals surface area contributed by atoms with Gasteiger partial charge in [0.25, 0.3) is 0 Å². The standard InChI is InChI=1S/C20H20N4/c1-15-3-7-17(8-4-15)11-12-20-19(13-21)22-23-24(20)14-18-9-5-16(2)6-10-18/h3-10H,11-12,14H2,1-2H3. The summed E-state index contributed by atoms with van der Waals surface area (Å²) in [5, 5.41) is 17.5. The smallest absolute Gasteiger partial charge is 0.185 e. The molecule has 0 amide bonds. The Morgan fingerprint density at radius 3 is 2.04 bits per heavy atom. The van der Waals surface area contributed by atoms with Crippen LogP contribution in [0, 0.1) is 25.2 Å². The minimum absolute atomic E-state index is 0.425. The lowest BCUT2D eigenvalue weighted by Crippen LogP contribution is -2.08. The van der Waals surface area contributed by atoms with Crippen LogP contribution >= 0.6 is 0 Å². The van der Waals surface area contributed by atoms with Crippen molar-refractivity contribution in [3.8, 4) is 6.07 Å². The molecule has 2 aromatic carbocycles. The topological polar surface area (TPSA) is 54.5 Å². The lowest BCUT2D eigenvalue weighted by atomic mass is 10.1. The molecule has 0 N–H and O–H groups in total. The van der Waals surface area contributed by atoms with E-state index in [0.717, 1.165) is 24.1 Å². The lowest BCUT2D eigenvalue weighted by molar-refractivity contribution is 0.615. The molecule has 0 atom stereocenters. The molecule has 0 saturated heterocycles. The Morgan fingerprint density at radius 1 is 0.875 bits per heavy atom. The zero-order chi connectivity index (χ0) is 16.9. The van der Waals surface area contributed by atoms with Gasteiger partial charge in [-0.25, -0.2) is 4.68 Å². The van der Waals surface area contributed by atoms with Gasteiger partial charge in [-0.05, 0) is 37.8 Å². The first-order valence-corrected chi connectivity index (χ1v) is 8.09. The predicted molar refractivity (Wildman–Crippen MR) is 93.6 cm³/mol. The molecule has 0 radical (unpaired) electrons. The second-order valence-electron chi connectivity index (χ2n) is 6.13. The van der Waals surface area contributed by atoms with Crippen LogP contribution in [0.4, 0.5) is 0 Å². The quantitative estimate of drug-likeness (QED) is 0.722. The van der Waals surface area contributed by atoms with Crippen LogP contribution < -0.4 is 0 Å². The van der Waals surface area contributed by atoms with Gasteiger partial charge in [-0.3, -0.25) is 0 Å². The van der Waals surface area contributed by atoms with Gasteiger partial charge in [0.2, 0.25) is 0 Å². The van der Waals surface area contributed by atoms with Crippen molar-refractivity contribution in [2.75, 3.05) is 0 Å². The first-order valence-electron chi connectivity index (χ1n) is 8.09. The number of benzene rings is 2. The Morgan fingerprint density at radius 2 is 1.46 bits per heavy atom. The molecule has 0 aliphatic heterocycles. The van der Waals surface area contributed by atoms with Crippen molar-refractivity contribution in [2.24, 2.45) is 0 Å². The fourth-order valence-corrected chi connectivity index (χ4v) is 2.68. The zero-order valence-electron chi connectivity index (χ0n) is 14.0. The van der Waals surface area contributed by atoms with Crippen molar-refractivity contribution in [3.63, 3.8) is 0 Å². The molecule has 3 rings (SSSR count).